The third-order valence-electron chi connectivity index (χ3n) is 2.16. The molecule has 2 N–H and O–H groups in total. The van der Waals surface area contributed by atoms with Gasteiger partial charge in [0.05, 0.1) is 26.1 Å². The maximum atomic E-state index is 11.6. The van der Waals surface area contributed by atoms with Crippen molar-refractivity contribution in [2.24, 2.45) is 0 Å². The van der Waals surface area contributed by atoms with Gasteiger partial charge in [0.2, 0.25) is 0 Å². The standard InChI is InChI=1S/C12H20O7/c1-3-5-18-10(15)8-12(17,7-9(13)14)11(16)19-6-4-2/h17H,3-8H2,1-2H3,(H,13,14). The fourth-order valence-corrected chi connectivity index (χ4v) is 1.29. The molecule has 7 nitrogen and oxygen atoms in total. The van der Waals surface area contributed by atoms with Gasteiger partial charge in [-0.1, -0.05) is 13.8 Å². The highest BCUT2D eigenvalue weighted by Gasteiger charge is 2.42. The molecule has 7 heteroatoms. The van der Waals surface area contributed by atoms with Crippen LogP contribution < -0.4 is 0 Å². The number of rotatable bonds is 9. The van der Waals surface area contributed by atoms with Crippen molar-refractivity contribution in [1.82, 2.24) is 0 Å². The number of carboxylic acid groups (broad SMARTS) is 1. The third-order valence-corrected chi connectivity index (χ3v) is 2.16. The molecular weight excluding hydrogens is 256 g/mol. The lowest BCUT2D eigenvalue weighted by Crippen LogP contribution is -2.44. The summed E-state index contributed by atoms with van der Waals surface area (Å²) in [5.41, 5.74) is -2.38. The zero-order valence-electron chi connectivity index (χ0n) is 11.2. The zero-order chi connectivity index (χ0) is 14.9. The highest BCUT2D eigenvalue weighted by Crippen LogP contribution is 2.19. The molecule has 110 valence electrons. The molecule has 0 aromatic heterocycles. The van der Waals surface area contributed by atoms with Crippen molar-refractivity contribution >= 4 is 17.9 Å². The first-order chi connectivity index (χ1) is 8.85. The van der Waals surface area contributed by atoms with Crippen molar-refractivity contribution in [2.45, 2.75) is 45.1 Å². The van der Waals surface area contributed by atoms with Crippen LogP contribution in [-0.2, 0) is 23.9 Å². The van der Waals surface area contributed by atoms with Crippen LogP contribution in [0, 0.1) is 0 Å². The predicted octanol–water partition coefficient (Wildman–Crippen LogP) is 0.489. The largest absolute Gasteiger partial charge is 0.481 e. The lowest BCUT2D eigenvalue weighted by Gasteiger charge is -2.23. The van der Waals surface area contributed by atoms with Crippen LogP contribution in [0.3, 0.4) is 0 Å². The van der Waals surface area contributed by atoms with Crippen LogP contribution in [0.5, 0.6) is 0 Å². The Bertz CT molecular complexity index is 326. The number of carbonyl (C=O) groups is 3. The van der Waals surface area contributed by atoms with Crippen LogP contribution in [0.4, 0.5) is 0 Å². The molecule has 0 saturated heterocycles. The minimum absolute atomic E-state index is 0.0464. The summed E-state index contributed by atoms with van der Waals surface area (Å²) < 4.78 is 9.43. The third kappa shape index (κ3) is 6.76. The Morgan fingerprint density at radius 2 is 1.53 bits per heavy atom. The van der Waals surface area contributed by atoms with Crippen molar-refractivity contribution in [3.8, 4) is 0 Å². The Morgan fingerprint density at radius 3 is 2.00 bits per heavy atom. The minimum Gasteiger partial charge on any atom is -0.481 e. The molecule has 0 saturated carbocycles. The first-order valence-electron chi connectivity index (χ1n) is 6.12. The first kappa shape index (κ1) is 17.4. The fraction of sp³-hybridized carbons (Fsp3) is 0.750. The number of carboxylic acids is 1. The summed E-state index contributed by atoms with van der Waals surface area (Å²) >= 11 is 0. The summed E-state index contributed by atoms with van der Waals surface area (Å²) in [6, 6.07) is 0. The van der Waals surface area contributed by atoms with Gasteiger partial charge in [-0.2, -0.15) is 0 Å². The summed E-state index contributed by atoms with van der Waals surface area (Å²) in [6.45, 7) is 3.72. The van der Waals surface area contributed by atoms with E-state index in [2.05, 4.69) is 0 Å². The van der Waals surface area contributed by atoms with E-state index in [0.717, 1.165) is 0 Å². The van der Waals surface area contributed by atoms with E-state index in [-0.39, 0.29) is 13.2 Å². The lowest BCUT2D eigenvalue weighted by atomic mass is 9.95. The molecule has 0 aliphatic carbocycles. The van der Waals surface area contributed by atoms with Crippen LogP contribution in [0.2, 0.25) is 0 Å². The van der Waals surface area contributed by atoms with Crippen LogP contribution in [0.1, 0.15) is 39.5 Å². The molecule has 0 bridgehead atoms. The highest BCUT2D eigenvalue weighted by molar-refractivity contribution is 5.89. The Balaban J connectivity index is 4.71. The molecule has 1 unspecified atom stereocenters. The van der Waals surface area contributed by atoms with Gasteiger partial charge >= 0.3 is 17.9 Å². The molecule has 0 heterocycles. The second-order valence-electron chi connectivity index (χ2n) is 4.14. The number of aliphatic hydroxyl groups is 1. The molecule has 0 aliphatic rings. The van der Waals surface area contributed by atoms with Gasteiger partial charge in [0.25, 0.3) is 0 Å². The van der Waals surface area contributed by atoms with Crippen LogP contribution in [0.25, 0.3) is 0 Å². The maximum Gasteiger partial charge on any atom is 0.339 e. The molecular formula is C12H20O7. The predicted molar refractivity (Wildman–Crippen MR) is 64.3 cm³/mol. The van der Waals surface area contributed by atoms with Gasteiger partial charge in [-0.15, -0.1) is 0 Å². The fourth-order valence-electron chi connectivity index (χ4n) is 1.29. The summed E-state index contributed by atoms with van der Waals surface area (Å²) in [5.74, 6) is -3.36. The molecule has 0 spiro atoms. The number of hydrogen-bond donors (Lipinski definition) is 2. The van der Waals surface area contributed by atoms with E-state index in [9.17, 15) is 19.5 Å². The van der Waals surface area contributed by atoms with Gasteiger partial charge in [0.1, 0.15) is 0 Å². The number of carbonyl (C=O) groups excluding carboxylic acids is 2. The zero-order valence-corrected chi connectivity index (χ0v) is 11.2. The van der Waals surface area contributed by atoms with Gasteiger partial charge < -0.3 is 19.7 Å². The molecule has 0 radical (unpaired) electrons. The maximum absolute atomic E-state index is 11.6. The van der Waals surface area contributed by atoms with Crippen molar-refractivity contribution in [3.63, 3.8) is 0 Å². The molecule has 0 aromatic rings. The average Bonchev–Trinajstić information content (AvgIpc) is 2.32. The van der Waals surface area contributed by atoms with Crippen molar-refractivity contribution < 1.29 is 34.1 Å². The van der Waals surface area contributed by atoms with Gasteiger partial charge in [-0.3, -0.25) is 9.59 Å². The van der Waals surface area contributed by atoms with E-state index >= 15 is 0 Å². The Morgan fingerprint density at radius 1 is 1.00 bits per heavy atom. The topological polar surface area (TPSA) is 110 Å². The van der Waals surface area contributed by atoms with Crippen LogP contribution in [-0.4, -0.2) is 46.9 Å². The van der Waals surface area contributed by atoms with Crippen molar-refractivity contribution in [1.29, 1.82) is 0 Å². The van der Waals surface area contributed by atoms with Gasteiger partial charge in [0, 0.05) is 0 Å². The van der Waals surface area contributed by atoms with E-state index < -0.39 is 36.4 Å². The minimum atomic E-state index is -2.38. The average molecular weight is 276 g/mol. The number of ether oxygens (including phenoxy) is 2. The van der Waals surface area contributed by atoms with Crippen LogP contribution in [0.15, 0.2) is 0 Å². The van der Waals surface area contributed by atoms with E-state index in [1.54, 1.807) is 13.8 Å². The monoisotopic (exact) mass is 276 g/mol. The Hall–Kier alpha value is -1.63. The summed E-state index contributed by atoms with van der Waals surface area (Å²) in [6.07, 6.45) is -0.531. The summed E-state index contributed by atoms with van der Waals surface area (Å²) in [7, 11) is 0. The normalized spacial score (nSPS) is 13.4. The molecule has 19 heavy (non-hydrogen) atoms. The smallest absolute Gasteiger partial charge is 0.339 e. The van der Waals surface area contributed by atoms with Crippen molar-refractivity contribution in [2.75, 3.05) is 13.2 Å². The SMILES string of the molecule is CCCOC(=O)CC(O)(CC(=O)O)C(=O)OCCC. The summed E-state index contributed by atoms with van der Waals surface area (Å²) in [4.78, 5) is 33.7. The second-order valence-corrected chi connectivity index (χ2v) is 4.14. The van der Waals surface area contributed by atoms with Gasteiger partial charge in [-0.05, 0) is 12.8 Å². The quantitative estimate of drug-likeness (QED) is 0.589. The van der Waals surface area contributed by atoms with Gasteiger partial charge in [0.15, 0.2) is 5.60 Å². The Labute approximate surface area is 111 Å². The molecule has 0 fully saturated rings. The van der Waals surface area contributed by atoms with E-state index in [1.807, 2.05) is 0 Å². The first-order valence-corrected chi connectivity index (χ1v) is 6.12. The number of hydrogen-bond acceptors (Lipinski definition) is 6. The lowest BCUT2D eigenvalue weighted by molar-refractivity contribution is -0.176. The van der Waals surface area contributed by atoms with E-state index in [4.69, 9.17) is 14.6 Å². The molecule has 0 aromatic carbocycles. The molecule has 0 aliphatic heterocycles. The highest BCUT2D eigenvalue weighted by atomic mass is 16.6. The van der Waals surface area contributed by atoms with Gasteiger partial charge in [-0.25, -0.2) is 4.79 Å². The van der Waals surface area contributed by atoms with E-state index in [1.165, 1.54) is 0 Å². The second kappa shape index (κ2) is 8.47. The van der Waals surface area contributed by atoms with Crippen molar-refractivity contribution in [3.05, 3.63) is 0 Å². The summed E-state index contributed by atoms with van der Waals surface area (Å²) in [5, 5.41) is 18.7. The number of aliphatic carboxylic acids is 1. The molecule has 1 atom stereocenters. The van der Waals surface area contributed by atoms with Crippen LogP contribution >= 0.6 is 0 Å². The molecule has 0 rings (SSSR count). The van der Waals surface area contributed by atoms with E-state index in [0.29, 0.717) is 12.8 Å². The molecule has 0 amide bonds. The Kier molecular flexibility index (Phi) is 7.74. The number of esters is 2.